The fourth-order valence-corrected chi connectivity index (χ4v) is 2.74. The van der Waals surface area contributed by atoms with E-state index in [9.17, 15) is 9.90 Å². The van der Waals surface area contributed by atoms with Crippen LogP contribution in [0.4, 0.5) is 0 Å². The minimum atomic E-state index is -0.852. The summed E-state index contributed by atoms with van der Waals surface area (Å²) < 4.78 is 4.76. The van der Waals surface area contributed by atoms with Crippen LogP contribution in [0, 0.1) is 5.92 Å². The maximum Gasteiger partial charge on any atom is 1.00 e. The SMILES string of the molecule is COC(=O)C1C([O-])CCN(Cc2ccccc2)C1C.[Na+]. The first-order valence-electron chi connectivity index (χ1n) is 6.65. The third-order valence-corrected chi connectivity index (χ3v) is 3.90. The molecule has 2 rings (SSSR count). The summed E-state index contributed by atoms with van der Waals surface area (Å²) in [6, 6.07) is 10.0. The van der Waals surface area contributed by atoms with Crippen LogP contribution >= 0.6 is 0 Å². The summed E-state index contributed by atoms with van der Waals surface area (Å²) in [4.78, 5) is 13.9. The van der Waals surface area contributed by atoms with Gasteiger partial charge in [0.25, 0.3) is 0 Å². The van der Waals surface area contributed by atoms with E-state index in [2.05, 4.69) is 17.0 Å². The molecule has 4 nitrogen and oxygen atoms in total. The molecule has 1 aromatic carbocycles. The Hall–Kier alpha value is -0.390. The Bertz CT molecular complexity index is 426. The first kappa shape index (κ1) is 17.7. The van der Waals surface area contributed by atoms with Crippen molar-refractivity contribution < 1.29 is 44.2 Å². The van der Waals surface area contributed by atoms with Gasteiger partial charge < -0.3 is 9.84 Å². The zero-order valence-corrected chi connectivity index (χ0v) is 14.4. The van der Waals surface area contributed by atoms with E-state index in [1.165, 1.54) is 12.7 Å². The van der Waals surface area contributed by atoms with Gasteiger partial charge in [0, 0.05) is 12.6 Å². The summed E-state index contributed by atoms with van der Waals surface area (Å²) in [7, 11) is 1.35. The number of esters is 1. The van der Waals surface area contributed by atoms with Crippen LogP contribution in [0.1, 0.15) is 18.9 Å². The van der Waals surface area contributed by atoms with Crippen LogP contribution in [0.2, 0.25) is 0 Å². The summed E-state index contributed by atoms with van der Waals surface area (Å²) in [5.74, 6) is -0.951. The maximum atomic E-state index is 12.0. The molecule has 0 saturated carbocycles. The molecule has 1 aromatic rings. The van der Waals surface area contributed by atoms with Crippen LogP contribution in [0.5, 0.6) is 0 Å². The Kier molecular flexibility index (Phi) is 7.20. The van der Waals surface area contributed by atoms with Crippen molar-refractivity contribution in [3.63, 3.8) is 0 Å². The molecule has 104 valence electrons. The van der Waals surface area contributed by atoms with Crippen molar-refractivity contribution >= 4 is 5.97 Å². The number of carbonyl (C=O) groups excluding carboxylic acids is 1. The zero-order valence-electron chi connectivity index (χ0n) is 12.4. The molecule has 0 radical (unpaired) electrons. The average molecular weight is 285 g/mol. The Balaban J connectivity index is 0.00000200. The Morgan fingerprint density at radius 2 is 2.05 bits per heavy atom. The van der Waals surface area contributed by atoms with Crippen LogP contribution in [0.15, 0.2) is 30.3 Å². The number of ether oxygens (including phenoxy) is 1. The maximum absolute atomic E-state index is 12.0. The molecule has 1 aliphatic rings. The fourth-order valence-electron chi connectivity index (χ4n) is 2.74. The van der Waals surface area contributed by atoms with Gasteiger partial charge in [0.1, 0.15) is 0 Å². The van der Waals surface area contributed by atoms with Gasteiger partial charge in [0.2, 0.25) is 0 Å². The first-order valence-corrected chi connectivity index (χ1v) is 6.65. The number of methoxy groups -OCH3 is 1. The monoisotopic (exact) mass is 285 g/mol. The second kappa shape index (κ2) is 8.15. The Morgan fingerprint density at radius 1 is 1.40 bits per heavy atom. The molecule has 1 fully saturated rings. The van der Waals surface area contributed by atoms with E-state index in [1.54, 1.807) is 0 Å². The average Bonchev–Trinajstić information content (AvgIpc) is 2.43. The topological polar surface area (TPSA) is 52.6 Å². The smallest absolute Gasteiger partial charge is 0.851 e. The molecule has 5 heteroatoms. The molecule has 0 amide bonds. The minimum absolute atomic E-state index is 0. The third-order valence-electron chi connectivity index (χ3n) is 3.90. The largest absolute Gasteiger partial charge is 1.00 e. The number of rotatable bonds is 3. The van der Waals surface area contributed by atoms with Crippen molar-refractivity contribution in [2.45, 2.75) is 32.0 Å². The summed E-state index contributed by atoms with van der Waals surface area (Å²) >= 11 is 0. The van der Waals surface area contributed by atoms with Crippen molar-refractivity contribution in [1.82, 2.24) is 4.90 Å². The normalized spacial score (nSPS) is 26.6. The van der Waals surface area contributed by atoms with E-state index >= 15 is 0 Å². The summed E-state index contributed by atoms with van der Waals surface area (Å²) in [5.41, 5.74) is 1.20. The van der Waals surface area contributed by atoms with Gasteiger partial charge in [-0.15, -0.1) is 6.10 Å². The number of nitrogens with zero attached hydrogens (tertiary/aromatic N) is 1. The Labute approximate surface area is 142 Å². The number of hydrogen-bond acceptors (Lipinski definition) is 4. The van der Waals surface area contributed by atoms with Gasteiger partial charge in [-0.2, -0.15) is 0 Å². The molecule has 0 aromatic heterocycles. The molecule has 20 heavy (non-hydrogen) atoms. The Morgan fingerprint density at radius 3 is 2.65 bits per heavy atom. The van der Waals surface area contributed by atoms with E-state index < -0.39 is 12.0 Å². The second-order valence-electron chi connectivity index (χ2n) is 5.07. The molecule has 1 aliphatic heterocycles. The molecule has 3 atom stereocenters. The summed E-state index contributed by atoms with van der Waals surface area (Å²) in [6.45, 7) is 3.44. The van der Waals surface area contributed by atoms with Crippen LogP contribution in [0.3, 0.4) is 0 Å². The standard InChI is InChI=1S/C15H20NO3.Na/c1-11-14(15(18)19-2)13(17)8-9-16(11)10-12-6-4-3-5-7-12;/h3-7,11,13-14H,8-10H2,1-2H3;/q-1;+1. The van der Waals surface area contributed by atoms with Gasteiger partial charge >= 0.3 is 35.5 Å². The molecular weight excluding hydrogens is 265 g/mol. The van der Waals surface area contributed by atoms with E-state index in [-0.39, 0.29) is 41.6 Å². The van der Waals surface area contributed by atoms with Gasteiger partial charge in [-0.3, -0.25) is 9.69 Å². The number of carbonyl (C=O) groups is 1. The van der Waals surface area contributed by atoms with Crippen molar-refractivity contribution in [3.8, 4) is 0 Å². The summed E-state index contributed by atoms with van der Waals surface area (Å²) in [5, 5.41) is 12.0. The first-order chi connectivity index (χ1) is 9.13. The van der Waals surface area contributed by atoms with Crippen LogP contribution < -0.4 is 34.7 Å². The predicted octanol–water partition coefficient (Wildman–Crippen LogP) is -2.20. The second-order valence-corrected chi connectivity index (χ2v) is 5.07. The van der Waals surface area contributed by atoms with Crippen molar-refractivity contribution in [3.05, 3.63) is 35.9 Å². The van der Waals surface area contributed by atoms with Gasteiger partial charge in [-0.25, -0.2) is 0 Å². The molecule has 0 aliphatic carbocycles. The van der Waals surface area contributed by atoms with Crippen LogP contribution in [0.25, 0.3) is 0 Å². The van der Waals surface area contributed by atoms with Crippen LogP contribution in [-0.2, 0) is 16.1 Å². The number of hydrogen-bond donors (Lipinski definition) is 0. The van der Waals surface area contributed by atoms with Gasteiger partial charge in [-0.1, -0.05) is 36.8 Å². The zero-order chi connectivity index (χ0) is 13.8. The van der Waals surface area contributed by atoms with E-state index in [1.807, 2.05) is 25.1 Å². The van der Waals surface area contributed by atoms with Crippen LogP contribution in [-0.4, -0.2) is 36.7 Å². The quantitative estimate of drug-likeness (QED) is 0.467. The molecule has 1 saturated heterocycles. The minimum Gasteiger partial charge on any atom is -0.851 e. The molecule has 3 unspecified atom stereocenters. The van der Waals surface area contributed by atoms with E-state index in [0.29, 0.717) is 6.42 Å². The molecule has 0 spiro atoms. The van der Waals surface area contributed by atoms with Crippen molar-refractivity contribution in [2.24, 2.45) is 5.92 Å². The molecule has 0 N–H and O–H groups in total. The third kappa shape index (κ3) is 4.06. The molecular formula is C15H20NNaO3. The molecule has 0 bridgehead atoms. The number of likely N-dealkylation sites (tertiary alicyclic amines) is 1. The fraction of sp³-hybridized carbons (Fsp3) is 0.533. The van der Waals surface area contributed by atoms with Gasteiger partial charge in [0.05, 0.1) is 13.0 Å². The predicted molar refractivity (Wildman–Crippen MR) is 70.2 cm³/mol. The number of piperidine rings is 1. The number of benzene rings is 1. The van der Waals surface area contributed by atoms with E-state index in [0.717, 1.165) is 13.1 Å². The van der Waals surface area contributed by atoms with Gasteiger partial charge in [-0.05, 0) is 19.0 Å². The van der Waals surface area contributed by atoms with Gasteiger partial charge in [0.15, 0.2) is 0 Å². The van der Waals surface area contributed by atoms with Crippen molar-refractivity contribution in [1.29, 1.82) is 0 Å². The summed E-state index contributed by atoms with van der Waals surface area (Å²) in [6.07, 6.45) is -0.355. The van der Waals surface area contributed by atoms with Crippen molar-refractivity contribution in [2.75, 3.05) is 13.7 Å². The molecule has 1 heterocycles. The van der Waals surface area contributed by atoms with E-state index in [4.69, 9.17) is 4.74 Å².